The second-order valence-corrected chi connectivity index (χ2v) is 11.2. The fourth-order valence-corrected chi connectivity index (χ4v) is 5.18. The van der Waals surface area contributed by atoms with E-state index < -0.39 is 17.9 Å². The summed E-state index contributed by atoms with van der Waals surface area (Å²) < 4.78 is 12.3. The number of carbonyl (C=O) groups is 2. The van der Waals surface area contributed by atoms with Gasteiger partial charge in [-0.05, 0) is 84.7 Å². The number of unbranched alkanes of at least 4 members (excludes halogenated alkanes) is 1. The number of hydrogen-bond acceptors (Lipinski definition) is 6. The fourth-order valence-electron chi connectivity index (χ4n) is 4.71. The Bertz CT molecular complexity index is 1480. The third-order valence-corrected chi connectivity index (χ3v) is 7.69. The van der Waals surface area contributed by atoms with Gasteiger partial charge in [0.2, 0.25) is 5.89 Å². The molecule has 220 valence electrons. The third-order valence-electron chi connectivity index (χ3n) is 7.05. The molecule has 0 aliphatic rings. The first-order valence-corrected chi connectivity index (χ1v) is 15.6. The van der Waals surface area contributed by atoms with E-state index in [1.807, 2.05) is 79.9 Å². The van der Waals surface area contributed by atoms with Gasteiger partial charge in [-0.1, -0.05) is 61.9 Å². The van der Waals surface area contributed by atoms with Crippen LogP contribution in [0.5, 0.6) is 0 Å². The molecule has 42 heavy (non-hydrogen) atoms. The number of nitrogens with one attached hydrogen (secondary N) is 1. The van der Waals surface area contributed by atoms with Crippen molar-refractivity contribution >= 4 is 23.6 Å². The van der Waals surface area contributed by atoms with E-state index in [0.717, 1.165) is 58.5 Å². The van der Waals surface area contributed by atoms with Crippen LogP contribution in [0.15, 0.2) is 77.2 Å². The molecule has 2 N–H and O–H groups in total. The number of hydrogen-bond donors (Lipinski definition) is 2. The monoisotopic (exact) mass is 586 g/mol. The van der Waals surface area contributed by atoms with Crippen LogP contribution in [-0.4, -0.2) is 40.0 Å². The first kappa shape index (κ1) is 31.1. The zero-order valence-corrected chi connectivity index (χ0v) is 25.2. The van der Waals surface area contributed by atoms with Gasteiger partial charge in [0.15, 0.2) is 5.76 Å². The van der Waals surface area contributed by atoms with Crippen LogP contribution in [0, 0.1) is 6.92 Å². The van der Waals surface area contributed by atoms with Gasteiger partial charge in [0, 0.05) is 11.1 Å². The van der Waals surface area contributed by atoms with Gasteiger partial charge in [-0.25, -0.2) is 9.78 Å². The molecule has 1 aromatic heterocycles. The largest absolute Gasteiger partial charge is 0.480 e. The number of carbonyl (C=O) groups excluding carboxylic acids is 1. The summed E-state index contributed by atoms with van der Waals surface area (Å²) in [5.41, 5.74) is 5.81. The Morgan fingerprint density at radius 2 is 1.79 bits per heavy atom. The van der Waals surface area contributed by atoms with Crippen molar-refractivity contribution in [3.05, 3.63) is 101 Å². The number of oxazole rings is 1. The van der Waals surface area contributed by atoms with Crippen molar-refractivity contribution in [1.29, 1.82) is 0 Å². The van der Waals surface area contributed by atoms with E-state index in [1.165, 1.54) is 0 Å². The van der Waals surface area contributed by atoms with Crippen molar-refractivity contribution in [2.24, 2.45) is 0 Å². The van der Waals surface area contributed by atoms with E-state index in [-0.39, 0.29) is 6.61 Å². The molecule has 0 aliphatic carbocycles. The summed E-state index contributed by atoms with van der Waals surface area (Å²) in [6.45, 7) is 4.72. The van der Waals surface area contributed by atoms with Crippen molar-refractivity contribution in [2.75, 3.05) is 12.0 Å². The molecule has 0 spiro atoms. The first-order valence-electron chi connectivity index (χ1n) is 14.2. The predicted molar refractivity (Wildman–Crippen MR) is 168 cm³/mol. The summed E-state index contributed by atoms with van der Waals surface area (Å²) in [5, 5.41) is 12.4. The second kappa shape index (κ2) is 15.4. The number of nitrogens with zero attached hydrogens (tertiary/aromatic N) is 1. The Balaban J connectivity index is 1.55. The van der Waals surface area contributed by atoms with Gasteiger partial charge in [0.05, 0.1) is 12.3 Å². The van der Waals surface area contributed by atoms with Crippen LogP contribution in [0.4, 0.5) is 0 Å². The van der Waals surface area contributed by atoms with Gasteiger partial charge in [-0.15, -0.1) is 0 Å². The molecule has 4 aromatic rings. The highest BCUT2D eigenvalue weighted by atomic mass is 32.2. The van der Waals surface area contributed by atoms with E-state index in [1.54, 1.807) is 17.8 Å². The number of amides is 1. The van der Waals surface area contributed by atoms with Gasteiger partial charge in [0.25, 0.3) is 5.91 Å². The van der Waals surface area contributed by atoms with Crippen molar-refractivity contribution in [2.45, 2.75) is 58.8 Å². The molecule has 0 aliphatic heterocycles. The van der Waals surface area contributed by atoms with Crippen LogP contribution in [0.1, 0.15) is 59.1 Å². The van der Waals surface area contributed by atoms with Crippen LogP contribution in [0.25, 0.3) is 22.6 Å². The van der Waals surface area contributed by atoms with E-state index in [4.69, 9.17) is 14.1 Å². The molecule has 1 amide bonds. The number of carboxylic acids is 1. The molecule has 1 atom stereocenters. The molecule has 0 radical (unpaired) electrons. The van der Waals surface area contributed by atoms with Gasteiger partial charge < -0.3 is 19.6 Å². The minimum atomic E-state index is -1.04. The lowest BCUT2D eigenvalue weighted by molar-refractivity contribution is -0.139. The molecule has 0 saturated carbocycles. The number of thioether (sulfide) groups is 1. The summed E-state index contributed by atoms with van der Waals surface area (Å²) in [6, 6.07) is 22.3. The van der Waals surface area contributed by atoms with E-state index in [2.05, 4.69) is 12.2 Å². The molecular formula is C34H38N2O5S. The lowest BCUT2D eigenvalue weighted by atomic mass is 9.93. The summed E-state index contributed by atoms with van der Waals surface area (Å²) in [4.78, 5) is 29.9. The average molecular weight is 587 g/mol. The maximum atomic E-state index is 13.3. The Morgan fingerprint density at radius 3 is 2.50 bits per heavy atom. The summed E-state index contributed by atoms with van der Waals surface area (Å²) in [6.07, 6.45) is 5.15. The summed E-state index contributed by atoms with van der Waals surface area (Å²) in [7, 11) is 0. The minimum Gasteiger partial charge on any atom is -0.480 e. The van der Waals surface area contributed by atoms with E-state index >= 15 is 0 Å². The maximum absolute atomic E-state index is 13.3. The minimum absolute atomic E-state index is 0.274. The molecule has 8 heteroatoms. The Kier molecular flexibility index (Phi) is 11.4. The molecule has 0 unspecified atom stereocenters. The summed E-state index contributed by atoms with van der Waals surface area (Å²) >= 11 is 1.55. The number of aliphatic carboxylic acids is 1. The number of aryl methyl sites for hydroxylation is 2. The van der Waals surface area contributed by atoms with E-state index in [9.17, 15) is 14.7 Å². The van der Waals surface area contributed by atoms with Crippen LogP contribution < -0.4 is 5.32 Å². The highest BCUT2D eigenvalue weighted by Gasteiger charge is 2.23. The molecule has 4 rings (SSSR count). The molecule has 1 heterocycles. The normalized spacial score (nSPS) is 11.8. The lowest BCUT2D eigenvalue weighted by Crippen LogP contribution is -2.41. The van der Waals surface area contributed by atoms with E-state index in [0.29, 0.717) is 30.2 Å². The molecule has 7 nitrogen and oxygen atoms in total. The molecule has 0 fully saturated rings. The van der Waals surface area contributed by atoms with Gasteiger partial charge in [-0.3, -0.25) is 4.79 Å². The first-order chi connectivity index (χ1) is 20.4. The Hall–Kier alpha value is -3.88. The highest BCUT2D eigenvalue weighted by molar-refractivity contribution is 7.98. The second-order valence-electron chi connectivity index (χ2n) is 10.2. The van der Waals surface area contributed by atoms with Crippen LogP contribution in [0.2, 0.25) is 0 Å². The number of ether oxygens (including phenoxy) is 1. The van der Waals surface area contributed by atoms with Crippen molar-refractivity contribution < 1.29 is 23.8 Å². The number of benzene rings is 3. The predicted octanol–water partition coefficient (Wildman–Crippen LogP) is 7.31. The maximum Gasteiger partial charge on any atom is 0.326 e. The van der Waals surface area contributed by atoms with Crippen LogP contribution in [0.3, 0.4) is 0 Å². The standard InChI is InChI=1S/C34H38N2O5S/c1-4-5-15-29-31(41-33(36-29)25-12-7-6-8-13-25)22-40-21-24-16-17-27(28(20-24)26-14-10-9-11-23(26)2)32(37)35-30(34(38)39)18-19-42-3/h6-14,16-17,20,30H,4-5,15,18-19,21-22H2,1-3H3,(H,35,37)(H,38,39)/t30-/m0/s1. The van der Waals surface area contributed by atoms with Crippen molar-refractivity contribution in [1.82, 2.24) is 10.3 Å². The number of carboxylic acid groups (broad SMARTS) is 1. The zero-order chi connectivity index (χ0) is 29.9. The quantitative estimate of drug-likeness (QED) is 0.151. The van der Waals surface area contributed by atoms with Gasteiger partial charge in [0.1, 0.15) is 12.6 Å². The highest BCUT2D eigenvalue weighted by Crippen LogP contribution is 2.29. The average Bonchev–Trinajstić information content (AvgIpc) is 3.41. The SMILES string of the molecule is CCCCc1nc(-c2ccccc2)oc1COCc1ccc(C(=O)N[C@@H](CCSC)C(=O)O)c(-c2ccccc2C)c1. The van der Waals surface area contributed by atoms with Crippen LogP contribution in [-0.2, 0) is 29.2 Å². The Labute approximate surface area is 251 Å². The van der Waals surface area contributed by atoms with Gasteiger partial charge >= 0.3 is 5.97 Å². The molecule has 0 saturated heterocycles. The van der Waals surface area contributed by atoms with Crippen LogP contribution >= 0.6 is 11.8 Å². The van der Waals surface area contributed by atoms with Crippen molar-refractivity contribution in [3.63, 3.8) is 0 Å². The van der Waals surface area contributed by atoms with Gasteiger partial charge in [-0.2, -0.15) is 11.8 Å². The molecule has 0 bridgehead atoms. The fraction of sp³-hybridized carbons (Fsp3) is 0.324. The Morgan fingerprint density at radius 1 is 1.02 bits per heavy atom. The third kappa shape index (κ3) is 8.11. The summed E-state index contributed by atoms with van der Waals surface area (Å²) in [5.74, 6) is 0.499. The molecular weight excluding hydrogens is 548 g/mol. The smallest absolute Gasteiger partial charge is 0.326 e. The van der Waals surface area contributed by atoms with Crippen molar-refractivity contribution in [3.8, 4) is 22.6 Å². The number of aromatic nitrogens is 1. The number of rotatable bonds is 15. The lowest BCUT2D eigenvalue weighted by Gasteiger charge is -2.17. The topological polar surface area (TPSA) is 102 Å². The molecule has 3 aromatic carbocycles. The zero-order valence-electron chi connectivity index (χ0n) is 24.4.